The molecule has 1 N–H and O–H groups in total. The number of carbonyl (C=O) groups is 1. The maximum atomic E-state index is 12.5. The molecule has 1 aromatic carbocycles. The number of benzene rings is 1. The van der Waals surface area contributed by atoms with E-state index >= 15 is 0 Å². The van der Waals surface area contributed by atoms with Crippen molar-refractivity contribution in [3.05, 3.63) is 30.1 Å². The number of fused-ring (bicyclic) bond motifs is 3. The minimum Gasteiger partial charge on any atom is -0.462 e. The summed E-state index contributed by atoms with van der Waals surface area (Å²) >= 11 is 1.59. The van der Waals surface area contributed by atoms with Gasteiger partial charge >= 0.3 is 5.97 Å². The molecule has 7 heteroatoms. The van der Waals surface area contributed by atoms with Crippen molar-refractivity contribution in [3.8, 4) is 0 Å². The van der Waals surface area contributed by atoms with E-state index in [1.165, 1.54) is 12.8 Å². The number of carbonyl (C=O) groups excluding carboxylic acids is 1. The van der Waals surface area contributed by atoms with E-state index in [-0.39, 0.29) is 5.97 Å². The lowest BCUT2D eigenvalue weighted by Crippen LogP contribution is -2.36. The fourth-order valence-electron chi connectivity index (χ4n) is 4.07. The molecule has 28 heavy (non-hydrogen) atoms. The van der Waals surface area contributed by atoms with Crippen LogP contribution in [0.25, 0.3) is 20.3 Å². The Bertz CT molecular complexity index is 993. The van der Waals surface area contributed by atoms with Gasteiger partial charge in [-0.2, -0.15) is 0 Å². The second-order valence-corrected chi connectivity index (χ2v) is 8.55. The summed E-state index contributed by atoms with van der Waals surface area (Å²) in [4.78, 5) is 24.7. The first kappa shape index (κ1) is 19.1. The van der Waals surface area contributed by atoms with Crippen molar-refractivity contribution < 1.29 is 9.53 Å². The van der Waals surface area contributed by atoms with Gasteiger partial charge in [0, 0.05) is 22.2 Å². The zero-order valence-electron chi connectivity index (χ0n) is 16.6. The molecule has 1 aliphatic rings. The predicted molar refractivity (Wildman–Crippen MR) is 114 cm³/mol. The molecule has 148 valence electrons. The molecule has 2 aromatic heterocycles. The maximum Gasteiger partial charge on any atom is 0.338 e. The summed E-state index contributed by atoms with van der Waals surface area (Å²) in [5.41, 5.74) is 0.583. The number of hydrogen-bond acceptors (Lipinski definition) is 7. The molecule has 0 amide bonds. The predicted octanol–water partition coefficient (Wildman–Crippen LogP) is 4.31. The summed E-state index contributed by atoms with van der Waals surface area (Å²) in [6.45, 7) is 2.18. The summed E-state index contributed by atoms with van der Waals surface area (Å²) in [5.74, 6) is 0.524. The average Bonchev–Trinajstić information content (AvgIpc) is 3.08. The number of thiophene rings is 1. The molecule has 0 atom stereocenters. The van der Waals surface area contributed by atoms with Gasteiger partial charge in [-0.15, -0.1) is 11.3 Å². The van der Waals surface area contributed by atoms with Gasteiger partial charge < -0.3 is 15.0 Å². The molecular formula is C21H26N4O2S. The first-order valence-corrected chi connectivity index (χ1v) is 10.7. The van der Waals surface area contributed by atoms with Crippen LogP contribution < -0.4 is 5.32 Å². The number of aromatic nitrogens is 2. The quantitative estimate of drug-likeness (QED) is 0.646. The molecule has 1 fully saturated rings. The number of nitrogens with zero attached hydrogens (tertiary/aromatic N) is 3. The Morgan fingerprint density at radius 1 is 1.21 bits per heavy atom. The molecular weight excluding hydrogens is 372 g/mol. The van der Waals surface area contributed by atoms with Gasteiger partial charge in [-0.05, 0) is 58.8 Å². The Kier molecular flexibility index (Phi) is 5.46. The summed E-state index contributed by atoms with van der Waals surface area (Å²) in [6.07, 6.45) is 6.19. The van der Waals surface area contributed by atoms with Gasteiger partial charge in [-0.3, -0.25) is 0 Å². The minimum atomic E-state index is -0.297. The Balaban J connectivity index is 1.71. The second-order valence-electron chi connectivity index (χ2n) is 7.52. The average molecular weight is 399 g/mol. The molecule has 3 aromatic rings. The molecule has 1 saturated carbocycles. The third-order valence-electron chi connectivity index (χ3n) is 5.56. The van der Waals surface area contributed by atoms with Crippen molar-refractivity contribution in [2.45, 2.75) is 44.7 Å². The Hall–Kier alpha value is -2.25. The standard InChI is InChI=1S/C21H26N4O2S/c1-4-27-21(26)15-6-5-7-16-17(15)18-19(22-12-23-20(18)28-16)24-13-8-10-14(11-9-13)25(2)3/h5-7,12-14H,4,8-11H2,1-3H3,(H,22,23,24)/t13-,14-. The van der Waals surface area contributed by atoms with Crippen molar-refractivity contribution in [2.24, 2.45) is 0 Å². The monoisotopic (exact) mass is 398 g/mol. The number of nitrogens with one attached hydrogen (secondary N) is 1. The number of ether oxygens (including phenoxy) is 1. The zero-order valence-corrected chi connectivity index (χ0v) is 17.4. The van der Waals surface area contributed by atoms with Crippen molar-refractivity contribution in [1.29, 1.82) is 0 Å². The van der Waals surface area contributed by atoms with E-state index in [1.54, 1.807) is 17.7 Å². The van der Waals surface area contributed by atoms with Crippen molar-refractivity contribution in [3.63, 3.8) is 0 Å². The molecule has 0 bridgehead atoms. The van der Waals surface area contributed by atoms with E-state index in [0.717, 1.165) is 39.0 Å². The SMILES string of the molecule is CCOC(=O)c1cccc2sc3ncnc(N[C@H]4CC[C@H](N(C)C)CC4)c3c12. The lowest BCUT2D eigenvalue weighted by Gasteiger charge is -2.33. The molecule has 2 heterocycles. The fourth-order valence-corrected chi connectivity index (χ4v) is 5.14. The molecule has 6 nitrogen and oxygen atoms in total. The van der Waals surface area contributed by atoms with Gasteiger partial charge in [0.1, 0.15) is 17.0 Å². The second kappa shape index (κ2) is 8.01. The van der Waals surface area contributed by atoms with Gasteiger partial charge in [0.05, 0.1) is 17.6 Å². The Morgan fingerprint density at radius 3 is 2.71 bits per heavy atom. The fraction of sp³-hybridized carbons (Fsp3) is 0.476. The molecule has 0 saturated heterocycles. The van der Waals surface area contributed by atoms with E-state index in [1.807, 2.05) is 25.1 Å². The lowest BCUT2D eigenvalue weighted by atomic mass is 9.90. The first-order chi connectivity index (χ1) is 13.6. The van der Waals surface area contributed by atoms with Crippen LogP contribution in [0.1, 0.15) is 43.0 Å². The number of hydrogen-bond donors (Lipinski definition) is 1. The normalized spacial score (nSPS) is 20.0. The first-order valence-electron chi connectivity index (χ1n) is 9.84. The molecule has 0 radical (unpaired) electrons. The molecule has 4 rings (SSSR count). The smallest absolute Gasteiger partial charge is 0.338 e. The minimum absolute atomic E-state index is 0.297. The zero-order chi connectivity index (χ0) is 19.7. The van der Waals surface area contributed by atoms with E-state index in [9.17, 15) is 4.79 Å². The molecule has 0 aliphatic heterocycles. The third-order valence-corrected chi connectivity index (χ3v) is 6.62. The van der Waals surface area contributed by atoms with E-state index in [2.05, 4.69) is 34.3 Å². The van der Waals surface area contributed by atoms with Crippen LogP contribution in [0, 0.1) is 0 Å². The van der Waals surface area contributed by atoms with Crippen LogP contribution in [-0.2, 0) is 4.74 Å². The van der Waals surface area contributed by atoms with Crippen LogP contribution >= 0.6 is 11.3 Å². The topological polar surface area (TPSA) is 67.3 Å². The Labute approximate surface area is 168 Å². The lowest BCUT2D eigenvalue weighted by molar-refractivity contribution is 0.0529. The van der Waals surface area contributed by atoms with E-state index < -0.39 is 0 Å². The summed E-state index contributed by atoms with van der Waals surface area (Å²) < 4.78 is 6.31. The largest absolute Gasteiger partial charge is 0.462 e. The van der Waals surface area contributed by atoms with E-state index in [4.69, 9.17) is 4.74 Å². The van der Waals surface area contributed by atoms with Crippen LogP contribution in [0.4, 0.5) is 5.82 Å². The van der Waals surface area contributed by atoms with Crippen molar-refractivity contribution >= 4 is 43.4 Å². The molecule has 1 aliphatic carbocycles. The Morgan fingerprint density at radius 2 is 2.00 bits per heavy atom. The highest BCUT2D eigenvalue weighted by Crippen LogP contribution is 2.39. The molecule has 0 unspecified atom stereocenters. The van der Waals surface area contributed by atoms with E-state index in [0.29, 0.717) is 24.3 Å². The van der Waals surface area contributed by atoms with Crippen LogP contribution in [0.15, 0.2) is 24.5 Å². The third kappa shape index (κ3) is 3.56. The molecule has 0 spiro atoms. The summed E-state index contributed by atoms with van der Waals surface area (Å²) in [6, 6.07) is 6.79. The van der Waals surface area contributed by atoms with Gasteiger partial charge in [-0.25, -0.2) is 14.8 Å². The highest BCUT2D eigenvalue weighted by molar-refractivity contribution is 7.25. The number of esters is 1. The van der Waals surface area contributed by atoms with Gasteiger partial charge in [0.15, 0.2) is 0 Å². The van der Waals surface area contributed by atoms with Gasteiger partial charge in [-0.1, -0.05) is 6.07 Å². The highest BCUT2D eigenvalue weighted by Gasteiger charge is 2.24. The highest BCUT2D eigenvalue weighted by atomic mass is 32.1. The number of rotatable bonds is 5. The van der Waals surface area contributed by atoms with Gasteiger partial charge in [0.2, 0.25) is 0 Å². The van der Waals surface area contributed by atoms with Crippen LogP contribution in [-0.4, -0.2) is 53.6 Å². The van der Waals surface area contributed by atoms with Crippen LogP contribution in [0.3, 0.4) is 0 Å². The summed E-state index contributed by atoms with van der Waals surface area (Å²) in [5, 5.41) is 5.47. The van der Waals surface area contributed by atoms with Crippen molar-refractivity contribution in [2.75, 3.05) is 26.0 Å². The number of anilines is 1. The maximum absolute atomic E-state index is 12.5. The van der Waals surface area contributed by atoms with Crippen LogP contribution in [0.2, 0.25) is 0 Å². The van der Waals surface area contributed by atoms with Crippen molar-refractivity contribution in [1.82, 2.24) is 14.9 Å². The van der Waals surface area contributed by atoms with Gasteiger partial charge in [0.25, 0.3) is 0 Å². The summed E-state index contributed by atoms with van der Waals surface area (Å²) in [7, 11) is 4.31. The van der Waals surface area contributed by atoms with Crippen LogP contribution in [0.5, 0.6) is 0 Å².